The minimum absolute atomic E-state index is 0.0442. The molecule has 0 saturated heterocycles. The quantitative estimate of drug-likeness (QED) is 0.412. The summed E-state index contributed by atoms with van der Waals surface area (Å²) >= 11 is 0. The molecule has 3 aromatic rings. The van der Waals surface area contributed by atoms with Crippen molar-refractivity contribution >= 4 is 11.6 Å². The minimum atomic E-state index is -5.11. The van der Waals surface area contributed by atoms with E-state index in [1.54, 1.807) is 0 Å². The maximum absolute atomic E-state index is 12.9. The predicted octanol–water partition coefficient (Wildman–Crippen LogP) is 7.26. The monoisotopic (exact) mass is 467 g/mol. The Balaban J connectivity index is 1.89. The summed E-state index contributed by atoms with van der Waals surface area (Å²) in [4.78, 5) is 12.3. The lowest BCUT2D eigenvalue weighted by atomic mass is 10.1. The summed E-state index contributed by atoms with van der Waals surface area (Å²) in [6.07, 6.45) is -14.9. The van der Waals surface area contributed by atoms with Crippen LogP contribution in [0.25, 0.3) is 11.3 Å². The van der Waals surface area contributed by atoms with Crippen LogP contribution >= 0.6 is 0 Å². The highest BCUT2D eigenvalue weighted by Crippen LogP contribution is 2.38. The van der Waals surface area contributed by atoms with E-state index in [-0.39, 0.29) is 17.4 Å². The highest BCUT2D eigenvalue weighted by molar-refractivity contribution is 6.02. The Morgan fingerprint density at radius 3 is 1.78 bits per heavy atom. The third-order valence-corrected chi connectivity index (χ3v) is 4.15. The number of alkyl halides is 9. The molecule has 0 radical (unpaired) electrons. The van der Waals surface area contributed by atoms with E-state index in [1.807, 2.05) is 5.32 Å². The van der Waals surface area contributed by atoms with Crippen molar-refractivity contribution in [3.8, 4) is 11.3 Å². The predicted molar refractivity (Wildman–Crippen MR) is 93.5 cm³/mol. The SMILES string of the molecule is O=C(Nc1cc(C(F)(F)F)cc(C(F)(F)F)c1)c1ccc(-c2cccc(C(F)(F)F)c2)o1. The molecule has 0 bridgehead atoms. The van der Waals surface area contributed by atoms with Crippen LogP contribution in [0.4, 0.5) is 45.2 Å². The number of amides is 1. The molecule has 1 aromatic heterocycles. The van der Waals surface area contributed by atoms with Crippen molar-refractivity contribution in [1.29, 1.82) is 0 Å². The van der Waals surface area contributed by atoms with Crippen LogP contribution in [0.3, 0.4) is 0 Å². The number of hydrogen-bond donors (Lipinski definition) is 1. The number of halogens is 9. The van der Waals surface area contributed by atoms with Crippen LogP contribution < -0.4 is 5.32 Å². The summed E-state index contributed by atoms with van der Waals surface area (Å²) in [5.74, 6) is -1.90. The van der Waals surface area contributed by atoms with Crippen molar-refractivity contribution in [3.05, 3.63) is 77.0 Å². The topological polar surface area (TPSA) is 42.2 Å². The average Bonchev–Trinajstić information content (AvgIpc) is 3.16. The second-order valence-corrected chi connectivity index (χ2v) is 6.49. The van der Waals surface area contributed by atoms with E-state index in [2.05, 4.69) is 0 Å². The summed E-state index contributed by atoms with van der Waals surface area (Å²) in [6.45, 7) is 0. The van der Waals surface area contributed by atoms with Gasteiger partial charge < -0.3 is 9.73 Å². The van der Waals surface area contributed by atoms with Crippen molar-refractivity contribution in [3.63, 3.8) is 0 Å². The second kappa shape index (κ2) is 7.92. The molecule has 1 amide bonds. The number of carbonyl (C=O) groups is 1. The Kier molecular flexibility index (Phi) is 5.75. The third kappa shape index (κ3) is 5.24. The van der Waals surface area contributed by atoms with Gasteiger partial charge in [-0.05, 0) is 42.5 Å². The van der Waals surface area contributed by atoms with Gasteiger partial charge in [0.25, 0.3) is 5.91 Å². The van der Waals surface area contributed by atoms with E-state index in [4.69, 9.17) is 4.42 Å². The normalized spacial score (nSPS) is 12.7. The average molecular weight is 467 g/mol. The lowest BCUT2D eigenvalue weighted by Crippen LogP contribution is -2.15. The number of carbonyl (C=O) groups excluding carboxylic acids is 1. The molecule has 1 heterocycles. The van der Waals surface area contributed by atoms with Crippen molar-refractivity contribution in [2.24, 2.45) is 0 Å². The van der Waals surface area contributed by atoms with Crippen LogP contribution in [-0.2, 0) is 18.5 Å². The lowest BCUT2D eigenvalue weighted by Gasteiger charge is -2.14. The Bertz CT molecular complexity index is 1110. The Hall–Kier alpha value is -3.44. The number of rotatable bonds is 3. The van der Waals surface area contributed by atoms with Crippen LogP contribution in [0.1, 0.15) is 27.2 Å². The highest BCUT2D eigenvalue weighted by Gasteiger charge is 2.37. The smallest absolute Gasteiger partial charge is 0.416 e. The van der Waals surface area contributed by atoms with Crippen LogP contribution in [-0.4, -0.2) is 5.91 Å². The molecule has 0 aliphatic carbocycles. The van der Waals surface area contributed by atoms with E-state index in [0.29, 0.717) is 12.1 Å². The molecule has 2 aromatic carbocycles. The summed E-state index contributed by atoms with van der Waals surface area (Å²) in [5, 5.41) is 1.87. The van der Waals surface area contributed by atoms with Crippen molar-refractivity contribution in [2.75, 3.05) is 5.32 Å². The lowest BCUT2D eigenvalue weighted by molar-refractivity contribution is -0.143. The molecule has 1 N–H and O–H groups in total. The molecular formula is C20H10F9NO2. The van der Waals surface area contributed by atoms with Gasteiger partial charge in [-0.1, -0.05) is 12.1 Å². The summed E-state index contributed by atoms with van der Waals surface area (Å²) in [7, 11) is 0. The molecule has 0 spiro atoms. The Labute approximate surface area is 173 Å². The Morgan fingerprint density at radius 1 is 0.688 bits per heavy atom. The molecule has 12 heteroatoms. The van der Waals surface area contributed by atoms with Gasteiger partial charge in [-0.25, -0.2) is 0 Å². The first kappa shape index (κ1) is 23.2. The number of nitrogens with one attached hydrogen (secondary N) is 1. The minimum Gasteiger partial charge on any atom is -0.451 e. The van der Waals surface area contributed by atoms with Crippen LogP contribution in [0.15, 0.2) is 59.0 Å². The molecule has 170 valence electrons. The molecule has 0 unspecified atom stereocenters. The largest absolute Gasteiger partial charge is 0.451 e. The van der Waals surface area contributed by atoms with Crippen molar-refractivity contribution in [2.45, 2.75) is 18.5 Å². The number of hydrogen-bond acceptors (Lipinski definition) is 2. The zero-order chi connectivity index (χ0) is 23.9. The summed E-state index contributed by atoms with van der Waals surface area (Å²) in [5.41, 5.74) is -5.09. The summed E-state index contributed by atoms with van der Waals surface area (Å²) < 4.78 is 121. The van der Waals surface area contributed by atoms with Gasteiger partial charge in [-0.3, -0.25) is 4.79 Å². The zero-order valence-corrected chi connectivity index (χ0v) is 15.4. The Morgan fingerprint density at radius 2 is 1.25 bits per heavy atom. The van der Waals surface area contributed by atoms with Gasteiger partial charge in [-0.2, -0.15) is 39.5 Å². The molecule has 32 heavy (non-hydrogen) atoms. The van der Waals surface area contributed by atoms with Crippen LogP contribution in [0.5, 0.6) is 0 Å². The van der Waals surface area contributed by atoms with E-state index in [9.17, 15) is 44.3 Å². The van der Waals surface area contributed by atoms with Crippen molar-refractivity contribution < 1.29 is 48.7 Å². The first-order valence-corrected chi connectivity index (χ1v) is 8.53. The molecular weight excluding hydrogens is 457 g/mol. The number of furan rings is 1. The fourth-order valence-electron chi connectivity index (χ4n) is 2.68. The second-order valence-electron chi connectivity index (χ2n) is 6.49. The summed E-state index contributed by atoms with van der Waals surface area (Å²) in [6, 6.07) is 6.59. The van der Waals surface area contributed by atoms with Gasteiger partial charge in [0, 0.05) is 11.3 Å². The molecule has 0 fully saturated rings. The molecule has 3 nitrogen and oxygen atoms in total. The van der Waals surface area contributed by atoms with E-state index >= 15 is 0 Å². The molecule has 0 saturated carbocycles. The van der Waals surface area contributed by atoms with Gasteiger partial charge in [0.05, 0.1) is 16.7 Å². The zero-order valence-electron chi connectivity index (χ0n) is 15.4. The first-order valence-electron chi connectivity index (χ1n) is 8.53. The van der Waals surface area contributed by atoms with E-state index in [1.165, 1.54) is 6.07 Å². The standard InChI is InChI=1S/C20H10F9NO2/c21-18(22,23)11-3-1-2-10(6-11)15-4-5-16(32-15)17(31)30-14-8-12(19(24,25)26)7-13(9-14)20(27,28)29/h1-9H,(H,30,31). The van der Waals surface area contributed by atoms with Gasteiger partial charge in [0.15, 0.2) is 5.76 Å². The molecule has 0 aliphatic heterocycles. The van der Waals surface area contributed by atoms with E-state index in [0.717, 1.165) is 30.3 Å². The van der Waals surface area contributed by atoms with E-state index < -0.39 is 52.6 Å². The number of anilines is 1. The van der Waals surface area contributed by atoms with Gasteiger partial charge >= 0.3 is 18.5 Å². The van der Waals surface area contributed by atoms with Gasteiger partial charge in [-0.15, -0.1) is 0 Å². The highest BCUT2D eigenvalue weighted by atomic mass is 19.4. The van der Waals surface area contributed by atoms with Crippen LogP contribution in [0, 0.1) is 0 Å². The maximum Gasteiger partial charge on any atom is 0.416 e. The van der Waals surface area contributed by atoms with Gasteiger partial charge in [0.2, 0.25) is 0 Å². The molecule has 0 aliphatic rings. The van der Waals surface area contributed by atoms with Gasteiger partial charge in [0.1, 0.15) is 5.76 Å². The molecule has 3 rings (SSSR count). The van der Waals surface area contributed by atoms with Crippen LogP contribution in [0.2, 0.25) is 0 Å². The fourth-order valence-corrected chi connectivity index (χ4v) is 2.68. The fraction of sp³-hybridized carbons (Fsp3) is 0.150. The maximum atomic E-state index is 12.9. The number of benzene rings is 2. The third-order valence-electron chi connectivity index (χ3n) is 4.15. The first-order chi connectivity index (χ1) is 14.6. The molecule has 0 atom stereocenters. The van der Waals surface area contributed by atoms with Crippen molar-refractivity contribution in [1.82, 2.24) is 0 Å².